The minimum absolute atomic E-state index is 0.320. The first-order chi connectivity index (χ1) is 10.2. The van der Waals surface area contributed by atoms with Crippen molar-refractivity contribution in [1.29, 1.82) is 0 Å². The molecule has 0 amide bonds. The van der Waals surface area contributed by atoms with E-state index in [-0.39, 0.29) is 0 Å². The minimum atomic E-state index is -0.411. The van der Waals surface area contributed by atoms with Crippen LogP contribution in [0.4, 0.5) is 10.7 Å². The highest BCUT2D eigenvalue weighted by Crippen LogP contribution is 2.42. The molecule has 120 valence electrons. The number of hydrogen-bond acceptors (Lipinski definition) is 7. The molecule has 3 N–H and O–H groups in total. The Balaban J connectivity index is 2.61. The van der Waals surface area contributed by atoms with E-state index in [9.17, 15) is 4.79 Å². The molecule has 0 saturated heterocycles. The predicted octanol–water partition coefficient (Wildman–Crippen LogP) is 2.74. The summed E-state index contributed by atoms with van der Waals surface area (Å²) in [6, 6.07) is 0. The molecule has 7 heteroatoms. The number of anilines is 2. The zero-order chi connectivity index (χ0) is 15.7. The van der Waals surface area contributed by atoms with Gasteiger partial charge in [0.05, 0.1) is 13.7 Å². The monoisotopic (exact) mass is 316 g/mol. The highest BCUT2D eigenvalue weighted by molar-refractivity contribution is 7.19. The molecule has 0 aliphatic rings. The van der Waals surface area contributed by atoms with E-state index >= 15 is 0 Å². The molecule has 1 rings (SSSR count). The fourth-order valence-electron chi connectivity index (χ4n) is 1.85. The van der Waals surface area contributed by atoms with E-state index < -0.39 is 5.97 Å². The smallest absolute Gasteiger partial charge is 0.350 e. The Morgan fingerprint density at radius 3 is 2.67 bits per heavy atom. The summed E-state index contributed by atoms with van der Waals surface area (Å²) in [6.07, 6.45) is 3.13. The number of rotatable bonds is 10. The maximum Gasteiger partial charge on any atom is 0.350 e. The van der Waals surface area contributed by atoms with Crippen LogP contribution >= 0.6 is 11.3 Å². The molecule has 1 aromatic heterocycles. The summed E-state index contributed by atoms with van der Waals surface area (Å²) >= 11 is 1.27. The third-order valence-corrected chi connectivity index (χ3v) is 4.00. The molecule has 21 heavy (non-hydrogen) atoms. The van der Waals surface area contributed by atoms with Crippen molar-refractivity contribution in [3.8, 4) is 5.75 Å². The van der Waals surface area contributed by atoms with Gasteiger partial charge < -0.3 is 25.3 Å². The van der Waals surface area contributed by atoms with Crippen LogP contribution in [0.15, 0.2) is 0 Å². The summed E-state index contributed by atoms with van der Waals surface area (Å²) in [7, 11) is 3.24. The number of esters is 1. The second kappa shape index (κ2) is 9.46. The van der Waals surface area contributed by atoms with Crippen molar-refractivity contribution >= 4 is 28.0 Å². The van der Waals surface area contributed by atoms with E-state index in [1.807, 2.05) is 0 Å². The van der Waals surface area contributed by atoms with Gasteiger partial charge in [-0.25, -0.2) is 4.79 Å². The lowest BCUT2D eigenvalue weighted by Crippen LogP contribution is -2.05. The Bertz CT molecular complexity index is 448. The van der Waals surface area contributed by atoms with Crippen LogP contribution in [-0.2, 0) is 9.47 Å². The van der Waals surface area contributed by atoms with Gasteiger partial charge in [-0.1, -0.05) is 0 Å². The van der Waals surface area contributed by atoms with Gasteiger partial charge in [0.25, 0.3) is 0 Å². The number of nitrogens with one attached hydrogen (secondary N) is 1. The summed E-state index contributed by atoms with van der Waals surface area (Å²) in [4.78, 5) is 12.2. The number of methoxy groups -OCH3 is 2. The molecule has 1 aromatic rings. The molecule has 0 bridgehead atoms. The summed E-state index contributed by atoms with van der Waals surface area (Å²) in [5, 5.41) is 4.03. The summed E-state index contributed by atoms with van der Waals surface area (Å²) in [5.41, 5.74) is 6.28. The van der Waals surface area contributed by atoms with E-state index in [4.69, 9.17) is 19.9 Å². The molecule has 6 nitrogen and oxygen atoms in total. The number of nitrogens with two attached hydrogens (primary N) is 1. The zero-order valence-corrected chi connectivity index (χ0v) is 13.7. The molecule has 0 aliphatic heterocycles. The zero-order valence-electron chi connectivity index (χ0n) is 12.9. The van der Waals surface area contributed by atoms with Gasteiger partial charge in [-0.05, 0) is 26.2 Å². The normalized spacial score (nSPS) is 10.4. The van der Waals surface area contributed by atoms with Crippen LogP contribution in [0.5, 0.6) is 5.75 Å². The molecule has 0 aromatic carbocycles. The second-order valence-corrected chi connectivity index (χ2v) is 5.43. The van der Waals surface area contributed by atoms with E-state index in [0.29, 0.717) is 22.9 Å². The quantitative estimate of drug-likeness (QED) is 0.510. The Morgan fingerprint density at radius 1 is 1.29 bits per heavy atom. The second-order valence-electron chi connectivity index (χ2n) is 4.41. The first kappa shape index (κ1) is 17.6. The Hall–Kier alpha value is -1.47. The summed E-state index contributed by atoms with van der Waals surface area (Å²) in [5.74, 6) is 0.103. The highest BCUT2D eigenvalue weighted by atomic mass is 32.1. The average Bonchev–Trinajstić information content (AvgIpc) is 2.79. The molecule has 0 unspecified atom stereocenters. The van der Waals surface area contributed by atoms with E-state index in [1.165, 1.54) is 18.4 Å². The van der Waals surface area contributed by atoms with Crippen molar-refractivity contribution in [1.82, 2.24) is 0 Å². The molecule has 0 spiro atoms. The molecular weight excluding hydrogens is 292 g/mol. The lowest BCUT2D eigenvalue weighted by atomic mass is 10.2. The van der Waals surface area contributed by atoms with Crippen LogP contribution in [0.2, 0.25) is 0 Å². The van der Waals surface area contributed by atoms with Gasteiger partial charge >= 0.3 is 5.97 Å². The van der Waals surface area contributed by atoms with Crippen molar-refractivity contribution in [2.45, 2.75) is 26.2 Å². The number of unbranched alkanes of at least 4 members (excludes halogenated alkanes) is 2. The molecule has 0 fully saturated rings. The van der Waals surface area contributed by atoms with Crippen LogP contribution in [0.1, 0.15) is 35.9 Å². The SMILES string of the molecule is CCOC(=O)c1sc(NCCCCCOC)c(OC)c1N. The maximum atomic E-state index is 11.8. The van der Waals surface area contributed by atoms with Crippen LogP contribution in [0.3, 0.4) is 0 Å². The third-order valence-electron chi connectivity index (χ3n) is 2.88. The van der Waals surface area contributed by atoms with Gasteiger partial charge in [0.15, 0.2) is 5.75 Å². The number of hydrogen-bond donors (Lipinski definition) is 2. The van der Waals surface area contributed by atoms with Gasteiger partial charge in [-0.15, -0.1) is 11.3 Å². The first-order valence-electron chi connectivity index (χ1n) is 7.01. The number of thiophene rings is 1. The van der Waals surface area contributed by atoms with Gasteiger partial charge in [0, 0.05) is 20.3 Å². The molecule has 0 radical (unpaired) electrons. The molecular formula is C14H24N2O4S. The lowest BCUT2D eigenvalue weighted by molar-refractivity contribution is 0.0533. The number of ether oxygens (including phenoxy) is 3. The number of carbonyl (C=O) groups excluding carboxylic acids is 1. The van der Waals surface area contributed by atoms with E-state index in [2.05, 4.69) is 5.32 Å². The largest absolute Gasteiger partial charge is 0.492 e. The average molecular weight is 316 g/mol. The minimum Gasteiger partial charge on any atom is -0.492 e. The summed E-state index contributed by atoms with van der Waals surface area (Å²) in [6.45, 7) is 3.66. The van der Waals surface area contributed by atoms with Crippen molar-refractivity contribution in [3.05, 3.63) is 4.88 Å². The van der Waals surface area contributed by atoms with Crippen molar-refractivity contribution in [2.75, 3.05) is 45.0 Å². The third kappa shape index (κ3) is 5.09. The van der Waals surface area contributed by atoms with Gasteiger partial charge in [0.1, 0.15) is 15.6 Å². The van der Waals surface area contributed by atoms with Crippen LogP contribution in [-0.4, -0.2) is 39.9 Å². The standard InChI is InChI=1S/C14H24N2O4S/c1-4-20-14(17)12-10(15)11(19-3)13(21-12)16-8-6-5-7-9-18-2/h16H,4-9,15H2,1-3H3. The fourth-order valence-corrected chi connectivity index (χ4v) is 2.86. The molecule has 0 atom stereocenters. The van der Waals surface area contributed by atoms with E-state index in [0.717, 1.165) is 37.4 Å². The van der Waals surface area contributed by atoms with E-state index in [1.54, 1.807) is 14.0 Å². The van der Waals surface area contributed by atoms with Crippen molar-refractivity contribution in [3.63, 3.8) is 0 Å². The Kier molecular flexibility index (Phi) is 7.92. The molecule has 1 heterocycles. The highest BCUT2D eigenvalue weighted by Gasteiger charge is 2.22. The fraction of sp³-hybridized carbons (Fsp3) is 0.643. The Morgan fingerprint density at radius 2 is 2.05 bits per heavy atom. The maximum absolute atomic E-state index is 11.8. The van der Waals surface area contributed by atoms with Gasteiger partial charge in [-0.3, -0.25) is 0 Å². The molecule has 0 saturated carbocycles. The number of carbonyl (C=O) groups is 1. The predicted molar refractivity (Wildman–Crippen MR) is 85.5 cm³/mol. The molecule has 0 aliphatic carbocycles. The van der Waals surface area contributed by atoms with Gasteiger partial charge in [-0.2, -0.15) is 0 Å². The van der Waals surface area contributed by atoms with Crippen LogP contribution < -0.4 is 15.8 Å². The van der Waals surface area contributed by atoms with Crippen molar-refractivity contribution in [2.24, 2.45) is 0 Å². The van der Waals surface area contributed by atoms with Crippen LogP contribution in [0, 0.1) is 0 Å². The summed E-state index contributed by atoms with van der Waals surface area (Å²) < 4.78 is 15.3. The lowest BCUT2D eigenvalue weighted by Gasteiger charge is -2.06. The first-order valence-corrected chi connectivity index (χ1v) is 7.83. The van der Waals surface area contributed by atoms with Gasteiger partial charge in [0.2, 0.25) is 0 Å². The Labute approximate surface area is 129 Å². The number of nitrogen functional groups attached to an aromatic ring is 1. The van der Waals surface area contributed by atoms with Crippen LogP contribution in [0.25, 0.3) is 0 Å². The topological polar surface area (TPSA) is 82.8 Å². The van der Waals surface area contributed by atoms with Crippen molar-refractivity contribution < 1.29 is 19.0 Å².